The van der Waals surface area contributed by atoms with Crippen molar-refractivity contribution in [1.29, 1.82) is 5.26 Å². The summed E-state index contributed by atoms with van der Waals surface area (Å²) < 4.78 is 25.0. The lowest BCUT2D eigenvalue weighted by molar-refractivity contribution is 0.476. The van der Waals surface area contributed by atoms with E-state index in [9.17, 15) is 8.42 Å². The third-order valence-corrected chi connectivity index (χ3v) is 3.55. The van der Waals surface area contributed by atoms with E-state index >= 15 is 0 Å². The Balaban J connectivity index is 2.83. The number of anilines is 1. The second-order valence-electron chi connectivity index (χ2n) is 4.89. The zero-order valence-corrected chi connectivity index (χ0v) is 12.6. The predicted molar refractivity (Wildman–Crippen MR) is 76.7 cm³/mol. The quantitative estimate of drug-likeness (QED) is 0.871. The number of rotatable bonds is 5. The lowest BCUT2D eigenvalue weighted by atomic mass is 10.1. The number of halogens is 1. The van der Waals surface area contributed by atoms with Crippen molar-refractivity contribution in [2.24, 2.45) is 0 Å². The van der Waals surface area contributed by atoms with Gasteiger partial charge in [0.2, 0.25) is 10.0 Å². The maximum Gasteiger partial charge on any atom is 0.209 e. The lowest BCUT2D eigenvalue weighted by Gasteiger charge is -2.26. The van der Waals surface area contributed by atoms with E-state index in [1.807, 2.05) is 6.07 Å². The van der Waals surface area contributed by atoms with Gasteiger partial charge in [0, 0.05) is 12.1 Å². The van der Waals surface area contributed by atoms with Crippen LogP contribution >= 0.6 is 11.6 Å². The van der Waals surface area contributed by atoms with E-state index in [0.29, 0.717) is 22.8 Å². The third-order valence-electron chi connectivity index (χ3n) is 2.31. The Morgan fingerprint density at radius 3 is 2.58 bits per heavy atom. The molecular formula is C12H16ClN3O2S. The second kappa shape index (κ2) is 5.78. The van der Waals surface area contributed by atoms with Crippen molar-refractivity contribution in [3.63, 3.8) is 0 Å². The van der Waals surface area contributed by atoms with Crippen LogP contribution in [0.25, 0.3) is 0 Å². The molecular weight excluding hydrogens is 286 g/mol. The molecule has 0 unspecified atom stereocenters. The van der Waals surface area contributed by atoms with Gasteiger partial charge in [0.1, 0.15) is 6.07 Å². The molecule has 0 aromatic heterocycles. The summed E-state index contributed by atoms with van der Waals surface area (Å²) in [4.78, 5) is 0. The standard InChI is InChI=1S/C12H16ClN3O2S/c1-12(2,16-19(3,17)18)8-15-11-6-4-5-10(13)9(11)7-14/h4-6,15-16H,8H2,1-3H3. The second-order valence-corrected chi connectivity index (χ2v) is 7.04. The van der Waals surface area contributed by atoms with Crippen molar-refractivity contribution >= 4 is 27.3 Å². The SMILES string of the molecule is CC(C)(CNc1cccc(Cl)c1C#N)NS(C)(=O)=O. The molecule has 0 aliphatic rings. The molecule has 0 fully saturated rings. The number of sulfonamides is 1. The van der Waals surface area contributed by atoms with Crippen LogP contribution in [0.1, 0.15) is 19.4 Å². The summed E-state index contributed by atoms with van der Waals surface area (Å²) in [6.45, 7) is 3.82. The van der Waals surface area contributed by atoms with Crippen LogP contribution in [0.15, 0.2) is 18.2 Å². The minimum absolute atomic E-state index is 0.328. The van der Waals surface area contributed by atoms with E-state index in [1.54, 1.807) is 32.0 Å². The van der Waals surface area contributed by atoms with Gasteiger partial charge in [-0.3, -0.25) is 0 Å². The highest BCUT2D eigenvalue weighted by atomic mass is 35.5. The molecule has 7 heteroatoms. The van der Waals surface area contributed by atoms with Gasteiger partial charge in [-0.05, 0) is 26.0 Å². The zero-order chi connectivity index (χ0) is 14.7. The molecule has 0 saturated carbocycles. The van der Waals surface area contributed by atoms with Gasteiger partial charge in [-0.15, -0.1) is 0 Å². The Morgan fingerprint density at radius 2 is 2.05 bits per heavy atom. The number of nitrogens with one attached hydrogen (secondary N) is 2. The maximum atomic E-state index is 11.2. The van der Waals surface area contributed by atoms with Crippen molar-refractivity contribution in [1.82, 2.24) is 4.72 Å². The zero-order valence-electron chi connectivity index (χ0n) is 11.0. The summed E-state index contributed by atoms with van der Waals surface area (Å²) in [5, 5.41) is 12.4. The van der Waals surface area contributed by atoms with E-state index in [2.05, 4.69) is 10.0 Å². The number of hydrogen-bond donors (Lipinski definition) is 2. The molecule has 2 N–H and O–H groups in total. The van der Waals surface area contributed by atoms with Gasteiger partial charge in [0.15, 0.2) is 0 Å². The van der Waals surface area contributed by atoms with Gasteiger partial charge < -0.3 is 5.32 Å². The first-order valence-electron chi connectivity index (χ1n) is 5.56. The average Bonchev–Trinajstić information content (AvgIpc) is 2.23. The third kappa shape index (κ3) is 5.07. The monoisotopic (exact) mass is 301 g/mol. The largest absolute Gasteiger partial charge is 0.382 e. The Morgan fingerprint density at radius 1 is 1.42 bits per heavy atom. The molecule has 0 amide bonds. The van der Waals surface area contributed by atoms with E-state index in [0.717, 1.165) is 6.26 Å². The minimum atomic E-state index is -3.29. The molecule has 0 spiro atoms. The fraction of sp³-hybridized carbons (Fsp3) is 0.417. The molecule has 0 heterocycles. The maximum absolute atomic E-state index is 11.2. The Bertz CT molecular complexity index is 606. The summed E-state index contributed by atoms with van der Waals surface area (Å²) >= 11 is 5.91. The van der Waals surface area contributed by atoms with Gasteiger partial charge in [0.05, 0.1) is 22.5 Å². The molecule has 0 aliphatic carbocycles. The summed E-state index contributed by atoms with van der Waals surface area (Å²) in [5.74, 6) is 0. The first-order chi connectivity index (χ1) is 8.64. The smallest absolute Gasteiger partial charge is 0.209 e. The van der Waals surface area contributed by atoms with Crippen LogP contribution in [0.5, 0.6) is 0 Å². The topological polar surface area (TPSA) is 82.0 Å². The molecule has 104 valence electrons. The fourth-order valence-electron chi connectivity index (χ4n) is 1.64. The molecule has 0 radical (unpaired) electrons. The van der Waals surface area contributed by atoms with Gasteiger partial charge >= 0.3 is 0 Å². The molecule has 0 bridgehead atoms. The first kappa shape index (κ1) is 15.8. The number of nitrogens with zero attached hydrogens (tertiary/aromatic N) is 1. The van der Waals surface area contributed by atoms with E-state index in [4.69, 9.17) is 16.9 Å². The summed E-state index contributed by atoms with van der Waals surface area (Å²) in [5.41, 5.74) is 0.250. The Hall–Kier alpha value is -1.29. The van der Waals surface area contributed by atoms with E-state index in [-0.39, 0.29) is 0 Å². The van der Waals surface area contributed by atoms with Crippen LogP contribution in [0.4, 0.5) is 5.69 Å². The summed E-state index contributed by atoms with van der Waals surface area (Å²) in [6.07, 6.45) is 1.11. The molecule has 5 nitrogen and oxygen atoms in total. The van der Waals surface area contributed by atoms with Crippen LogP contribution in [0, 0.1) is 11.3 Å². The molecule has 1 aromatic carbocycles. The highest BCUT2D eigenvalue weighted by Crippen LogP contribution is 2.23. The van der Waals surface area contributed by atoms with E-state index < -0.39 is 15.6 Å². The molecule has 1 rings (SSSR count). The summed E-state index contributed by atoms with van der Waals surface area (Å²) in [6, 6.07) is 7.09. The highest BCUT2D eigenvalue weighted by Gasteiger charge is 2.22. The molecule has 0 aliphatic heterocycles. The van der Waals surface area contributed by atoms with Crippen molar-refractivity contribution in [2.45, 2.75) is 19.4 Å². The van der Waals surface area contributed by atoms with Gasteiger partial charge in [-0.25, -0.2) is 13.1 Å². The predicted octanol–water partition coefficient (Wildman–Crippen LogP) is 1.95. The van der Waals surface area contributed by atoms with Crippen molar-refractivity contribution < 1.29 is 8.42 Å². The van der Waals surface area contributed by atoms with Crippen molar-refractivity contribution in [3.8, 4) is 6.07 Å². The first-order valence-corrected chi connectivity index (χ1v) is 7.83. The number of benzene rings is 1. The fourth-order valence-corrected chi connectivity index (χ4v) is 2.93. The van der Waals surface area contributed by atoms with Crippen LogP contribution in [-0.2, 0) is 10.0 Å². The van der Waals surface area contributed by atoms with Crippen LogP contribution in [-0.4, -0.2) is 26.8 Å². The highest BCUT2D eigenvalue weighted by molar-refractivity contribution is 7.88. The lowest BCUT2D eigenvalue weighted by Crippen LogP contribution is -2.47. The van der Waals surface area contributed by atoms with Gasteiger partial charge in [0.25, 0.3) is 0 Å². The Kier molecular flexibility index (Phi) is 4.80. The van der Waals surface area contributed by atoms with Crippen LogP contribution in [0.3, 0.4) is 0 Å². The average molecular weight is 302 g/mol. The number of nitriles is 1. The van der Waals surface area contributed by atoms with E-state index in [1.165, 1.54) is 0 Å². The Labute approximate surface area is 118 Å². The van der Waals surface area contributed by atoms with Gasteiger partial charge in [-0.1, -0.05) is 17.7 Å². The molecule has 1 aromatic rings. The van der Waals surface area contributed by atoms with Crippen molar-refractivity contribution in [2.75, 3.05) is 18.1 Å². The molecule has 0 saturated heterocycles. The van der Waals surface area contributed by atoms with Crippen molar-refractivity contribution in [3.05, 3.63) is 28.8 Å². The minimum Gasteiger partial charge on any atom is -0.382 e. The normalized spacial score (nSPS) is 11.9. The van der Waals surface area contributed by atoms with Gasteiger partial charge in [-0.2, -0.15) is 5.26 Å². The summed E-state index contributed by atoms with van der Waals surface area (Å²) in [7, 11) is -3.29. The van der Waals surface area contributed by atoms with Crippen LogP contribution in [0.2, 0.25) is 5.02 Å². The molecule has 0 atom stereocenters. The molecule has 19 heavy (non-hydrogen) atoms. The number of hydrogen-bond acceptors (Lipinski definition) is 4. The van der Waals surface area contributed by atoms with Crippen LogP contribution < -0.4 is 10.0 Å².